The number of benzene rings is 1. The van der Waals surface area contributed by atoms with Crippen LogP contribution in [-0.2, 0) is 11.3 Å². The van der Waals surface area contributed by atoms with Crippen molar-refractivity contribution in [3.63, 3.8) is 0 Å². The van der Waals surface area contributed by atoms with E-state index in [1.54, 1.807) is 0 Å². The summed E-state index contributed by atoms with van der Waals surface area (Å²) >= 11 is 0. The smallest absolute Gasteiger partial charge is 0.123 e. The summed E-state index contributed by atoms with van der Waals surface area (Å²) in [4.78, 5) is 0. The molecular weight excluding hydrogens is 242 g/mol. The molecule has 0 bridgehead atoms. The molecule has 0 atom stereocenters. The molecule has 0 saturated heterocycles. The van der Waals surface area contributed by atoms with E-state index in [2.05, 4.69) is 32.2 Å². The van der Waals surface area contributed by atoms with E-state index in [4.69, 9.17) is 14.6 Å². The van der Waals surface area contributed by atoms with Gasteiger partial charge in [-0.3, -0.25) is 0 Å². The number of hydrogen-bond donors (Lipinski definition) is 2. The topological polar surface area (TPSA) is 50.7 Å². The molecule has 1 aromatic rings. The van der Waals surface area contributed by atoms with Gasteiger partial charge in [0.05, 0.1) is 19.8 Å². The van der Waals surface area contributed by atoms with Crippen molar-refractivity contribution in [2.75, 3.05) is 26.4 Å². The highest BCUT2D eigenvalue weighted by Crippen LogP contribution is 2.20. The van der Waals surface area contributed by atoms with Crippen LogP contribution in [0.25, 0.3) is 0 Å². The molecule has 0 saturated carbocycles. The lowest BCUT2D eigenvalue weighted by atomic mass is 10.1. The fourth-order valence-corrected chi connectivity index (χ4v) is 1.68. The van der Waals surface area contributed by atoms with E-state index in [1.807, 2.05) is 12.1 Å². The molecule has 4 nitrogen and oxygen atoms in total. The minimum absolute atomic E-state index is 0.0497. The SMILES string of the molecule is Cc1ccc(OCCOCCO)c(CNC(C)C)c1. The molecule has 0 spiro atoms. The van der Waals surface area contributed by atoms with E-state index in [-0.39, 0.29) is 6.61 Å². The van der Waals surface area contributed by atoms with Crippen LogP contribution in [0.3, 0.4) is 0 Å². The number of aliphatic hydroxyl groups excluding tert-OH is 1. The summed E-state index contributed by atoms with van der Waals surface area (Å²) in [6.45, 7) is 8.52. The molecule has 0 aliphatic heterocycles. The minimum Gasteiger partial charge on any atom is -0.491 e. The van der Waals surface area contributed by atoms with E-state index < -0.39 is 0 Å². The van der Waals surface area contributed by atoms with Gasteiger partial charge in [-0.15, -0.1) is 0 Å². The van der Waals surface area contributed by atoms with Crippen LogP contribution in [0.4, 0.5) is 0 Å². The first-order chi connectivity index (χ1) is 9.13. The van der Waals surface area contributed by atoms with Gasteiger partial charge in [0.2, 0.25) is 0 Å². The molecule has 1 aromatic carbocycles. The Kier molecular flexibility index (Phi) is 7.48. The fraction of sp³-hybridized carbons (Fsp3) is 0.600. The number of aryl methyl sites for hydroxylation is 1. The molecule has 19 heavy (non-hydrogen) atoms. The summed E-state index contributed by atoms with van der Waals surface area (Å²) in [7, 11) is 0. The standard InChI is InChI=1S/C15H25NO3/c1-12(2)16-11-14-10-13(3)4-5-15(14)19-9-8-18-7-6-17/h4-5,10,12,16-17H,6-9,11H2,1-3H3. The van der Waals surface area contributed by atoms with Gasteiger partial charge in [0.25, 0.3) is 0 Å². The predicted octanol–water partition coefficient (Wildman–Crippen LogP) is 1.88. The molecule has 108 valence electrons. The van der Waals surface area contributed by atoms with Crippen LogP contribution in [0.5, 0.6) is 5.75 Å². The zero-order valence-corrected chi connectivity index (χ0v) is 12.1. The number of nitrogens with one attached hydrogen (secondary N) is 1. The minimum atomic E-state index is 0.0497. The zero-order chi connectivity index (χ0) is 14.1. The summed E-state index contributed by atoms with van der Waals surface area (Å²) in [5.41, 5.74) is 2.39. The Bertz CT molecular complexity index is 366. The van der Waals surface area contributed by atoms with E-state index >= 15 is 0 Å². The second-order valence-corrected chi connectivity index (χ2v) is 4.83. The summed E-state index contributed by atoms with van der Waals surface area (Å²) in [6.07, 6.45) is 0. The highest BCUT2D eigenvalue weighted by molar-refractivity contribution is 5.36. The summed E-state index contributed by atoms with van der Waals surface area (Å²) in [5.74, 6) is 0.895. The third kappa shape index (κ3) is 6.57. The number of ether oxygens (including phenoxy) is 2. The molecule has 0 aliphatic rings. The Balaban J connectivity index is 2.50. The fourth-order valence-electron chi connectivity index (χ4n) is 1.68. The number of rotatable bonds is 9. The van der Waals surface area contributed by atoms with Gasteiger partial charge in [-0.2, -0.15) is 0 Å². The molecule has 0 radical (unpaired) electrons. The summed E-state index contributed by atoms with van der Waals surface area (Å²) < 4.78 is 10.9. The van der Waals surface area contributed by atoms with Crippen LogP contribution in [0.2, 0.25) is 0 Å². The highest BCUT2D eigenvalue weighted by Gasteiger charge is 2.05. The van der Waals surface area contributed by atoms with Crippen LogP contribution >= 0.6 is 0 Å². The molecule has 2 N–H and O–H groups in total. The van der Waals surface area contributed by atoms with Gasteiger partial charge in [0, 0.05) is 18.2 Å². The van der Waals surface area contributed by atoms with Crippen molar-refractivity contribution < 1.29 is 14.6 Å². The molecule has 0 heterocycles. The molecular formula is C15H25NO3. The maximum absolute atomic E-state index is 8.61. The Labute approximate surface area is 115 Å². The van der Waals surface area contributed by atoms with E-state index in [1.165, 1.54) is 5.56 Å². The molecule has 0 amide bonds. The number of hydrogen-bond acceptors (Lipinski definition) is 4. The Morgan fingerprint density at radius 3 is 2.68 bits per heavy atom. The Hall–Kier alpha value is -1.10. The van der Waals surface area contributed by atoms with Crippen molar-refractivity contribution in [1.29, 1.82) is 0 Å². The van der Waals surface area contributed by atoms with Crippen LogP contribution in [-0.4, -0.2) is 37.6 Å². The second kappa shape index (κ2) is 8.91. The molecule has 0 unspecified atom stereocenters. The maximum Gasteiger partial charge on any atom is 0.123 e. The third-order valence-electron chi connectivity index (χ3n) is 2.64. The lowest BCUT2D eigenvalue weighted by Gasteiger charge is -2.14. The molecule has 0 aliphatic carbocycles. The summed E-state index contributed by atoms with van der Waals surface area (Å²) in [5, 5.41) is 12.0. The van der Waals surface area contributed by atoms with E-state index in [0.717, 1.165) is 17.9 Å². The van der Waals surface area contributed by atoms with Crippen molar-refractivity contribution in [1.82, 2.24) is 5.32 Å². The number of aliphatic hydroxyl groups is 1. The van der Waals surface area contributed by atoms with Crippen LogP contribution in [0, 0.1) is 6.92 Å². The Morgan fingerprint density at radius 1 is 1.21 bits per heavy atom. The zero-order valence-electron chi connectivity index (χ0n) is 12.1. The van der Waals surface area contributed by atoms with Crippen LogP contribution in [0.15, 0.2) is 18.2 Å². The monoisotopic (exact) mass is 267 g/mol. The van der Waals surface area contributed by atoms with Crippen molar-refractivity contribution >= 4 is 0 Å². The first kappa shape index (κ1) is 16.0. The van der Waals surface area contributed by atoms with E-state index in [0.29, 0.717) is 25.9 Å². The Morgan fingerprint density at radius 2 is 2.00 bits per heavy atom. The van der Waals surface area contributed by atoms with E-state index in [9.17, 15) is 0 Å². The van der Waals surface area contributed by atoms with Crippen molar-refractivity contribution in [2.24, 2.45) is 0 Å². The van der Waals surface area contributed by atoms with Crippen molar-refractivity contribution in [2.45, 2.75) is 33.4 Å². The van der Waals surface area contributed by atoms with Gasteiger partial charge >= 0.3 is 0 Å². The average molecular weight is 267 g/mol. The second-order valence-electron chi connectivity index (χ2n) is 4.83. The predicted molar refractivity (Wildman–Crippen MR) is 76.6 cm³/mol. The van der Waals surface area contributed by atoms with Gasteiger partial charge in [0.15, 0.2) is 0 Å². The van der Waals surface area contributed by atoms with Crippen LogP contribution in [0.1, 0.15) is 25.0 Å². The van der Waals surface area contributed by atoms with Gasteiger partial charge < -0.3 is 19.9 Å². The normalized spacial score (nSPS) is 11.0. The van der Waals surface area contributed by atoms with Gasteiger partial charge in [-0.25, -0.2) is 0 Å². The van der Waals surface area contributed by atoms with Gasteiger partial charge in [-0.05, 0) is 13.0 Å². The van der Waals surface area contributed by atoms with Crippen LogP contribution < -0.4 is 10.1 Å². The van der Waals surface area contributed by atoms with Gasteiger partial charge in [-0.1, -0.05) is 31.5 Å². The molecule has 4 heteroatoms. The summed E-state index contributed by atoms with van der Waals surface area (Å²) in [6, 6.07) is 6.63. The first-order valence-corrected chi connectivity index (χ1v) is 6.77. The van der Waals surface area contributed by atoms with Gasteiger partial charge in [0.1, 0.15) is 12.4 Å². The molecule has 0 aromatic heterocycles. The average Bonchev–Trinajstić information content (AvgIpc) is 2.38. The first-order valence-electron chi connectivity index (χ1n) is 6.77. The molecule has 1 rings (SSSR count). The van der Waals surface area contributed by atoms with Crippen molar-refractivity contribution in [3.05, 3.63) is 29.3 Å². The maximum atomic E-state index is 8.61. The quantitative estimate of drug-likeness (QED) is 0.671. The lowest BCUT2D eigenvalue weighted by molar-refractivity contribution is 0.0703. The highest BCUT2D eigenvalue weighted by atomic mass is 16.5. The third-order valence-corrected chi connectivity index (χ3v) is 2.64. The molecule has 0 fully saturated rings. The van der Waals surface area contributed by atoms with Crippen molar-refractivity contribution in [3.8, 4) is 5.75 Å². The largest absolute Gasteiger partial charge is 0.491 e. The lowest BCUT2D eigenvalue weighted by Crippen LogP contribution is -2.22.